The molecule has 7 heteroatoms. The van der Waals surface area contributed by atoms with Crippen LogP contribution >= 0.6 is 11.6 Å². The van der Waals surface area contributed by atoms with Gasteiger partial charge in [0, 0.05) is 43.0 Å². The van der Waals surface area contributed by atoms with Gasteiger partial charge in [0.25, 0.3) is 5.56 Å². The van der Waals surface area contributed by atoms with Crippen LogP contribution in [0.3, 0.4) is 0 Å². The molecule has 0 aliphatic carbocycles. The molecular weight excluding hydrogens is 388 g/mol. The number of halogens is 1. The van der Waals surface area contributed by atoms with Gasteiger partial charge in [-0.3, -0.25) is 14.2 Å². The van der Waals surface area contributed by atoms with Gasteiger partial charge >= 0.3 is 0 Å². The average Bonchev–Trinajstić information content (AvgIpc) is 2.70. The normalized spacial score (nSPS) is 11.0. The maximum absolute atomic E-state index is 13.8. The molecule has 3 heterocycles. The standard InChI is InChI=1S/C22H19ClN4O2/c1-13-8-10-15-20(24-2)19(14-9-11-18(28)26(3)12-14)22(29)27(21(15)25-13)17-7-5-4-6-16(17)23/h4-12,24H,1-3H3. The lowest BCUT2D eigenvalue weighted by molar-refractivity contribution is 0.861. The van der Waals surface area contributed by atoms with Gasteiger partial charge in [0.05, 0.1) is 22.0 Å². The summed E-state index contributed by atoms with van der Waals surface area (Å²) in [4.78, 5) is 30.3. The summed E-state index contributed by atoms with van der Waals surface area (Å²) < 4.78 is 2.98. The first-order valence-corrected chi connectivity index (χ1v) is 9.46. The molecule has 0 atom stereocenters. The first-order valence-electron chi connectivity index (χ1n) is 9.08. The maximum Gasteiger partial charge on any atom is 0.266 e. The summed E-state index contributed by atoms with van der Waals surface area (Å²) in [5.74, 6) is 0. The molecule has 1 N–H and O–H groups in total. The molecule has 0 bridgehead atoms. The molecule has 29 heavy (non-hydrogen) atoms. The molecule has 6 nitrogen and oxygen atoms in total. The van der Waals surface area contributed by atoms with Crippen molar-refractivity contribution in [3.63, 3.8) is 0 Å². The smallest absolute Gasteiger partial charge is 0.266 e. The molecule has 3 aromatic heterocycles. The minimum atomic E-state index is -0.272. The number of hydrogen-bond donors (Lipinski definition) is 1. The van der Waals surface area contributed by atoms with Crippen LogP contribution in [0.5, 0.6) is 0 Å². The number of pyridine rings is 3. The number of nitrogens with one attached hydrogen (secondary N) is 1. The van der Waals surface area contributed by atoms with Crippen LogP contribution in [-0.4, -0.2) is 21.2 Å². The van der Waals surface area contributed by atoms with E-state index in [0.29, 0.717) is 33.2 Å². The molecule has 0 aliphatic rings. The van der Waals surface area contributed by atoms with Gasteiger partial charge in [-0.2, -0.15) is 0 Å². The van der Waals surface area contributed by atoms with Crippen LogP contribution in [0.2, 0.25) is 5.02 Å². The highest BCUT2D eigenvalue weighted by Gasteiger charge is 2.21. The molecule has 0 radical (unpaired) electrons. The summed E-state index contributed by atoms with van der Waals surface area (Å²) >= 11 is 6.44. The number of aromatic nitrogens is 3. The Labute approximate surface area is 172 Å². The Balaban J connectivity index is 2.23. The van der Waals surface area contributed by atoms with Crippen LogP contribution in [0.4, 0.5) is 5.69 Å². The van der Waals surface area contributed by atoms with Crippen molar-refractivity contribution in [3.05, 3.63) is 86.2 Å². The monoisotopic (exact) mass is 406 g/mol. The number of hydrogen-bond acceptors (Lipinski definition) is 4. The minimum Gasteiger partial charge on any atom is -0.387 e. The van der Waals surface area contributed by atoms with E-state index in [1.807, 2.05) is 31.2 Å². The molecule has 0 saturated carbocycles. The molecule has 0 fully saturated rings. The van der Waals surface area contributed by atoms with E-state index >= 15 is 0 Å². The van der Waals surface area contributed by atoms with Gasteiger partial charge in [-0.25, -0.2) is 4.98 Å². The Morgan fingerprint density at radius 2 is 1.79 bits per heavy atom. The third-order valence-corrected chi connectivity index (χ3v) is 5.20. The van der Waals surface area contributed by atoms with E-state index in [-0.39, 0.29) is 11.1 Å². The van der Waals surface area contributed by atoms with E-state index in [2.05, 4.69) is 10.3 Å². The minimum absolute atomic E-state index is 0.149. The van der Waals surface area contributed by atoms with Gasteiger partial charge in [0.15, 0.2) is 0 Å². The van der Waals surface area contributed by atoms with E-state index in [4.69, 9.17) is 11.6 Å². The van der Waals surface area contributed by atoms with Crippen LogP contribution < -0.4 is 16.4 Å². The molecule has 4 rings (SSSR count). The Morgan fingerprint density at radius 3 is 2.48 bits per heavy atom. The van der Waals surface area contributed by atoms with Gasteiger partial charge in [-0.1, -0.05) is 23.7 Å². The predicted molar refractivity (Wildman–Crippen MR) is 117 cm³/mol. The molecule has 4 aromatic rings. The largest absolute Gasteiger partial charge is 0.387 e. The van der Waals surface area contributed by atoms with Gasteiger partial charge < -0.3 is 9.88 Å². The zero-order valence-corrected chi connectivity index (χ0v) is 17.0. The summed E-state index contributed by atoms with van der Waals surface area (Å²) in [6.45, 7) is 1.88. The second-order valence-electron chi connectivity index (χ2n) is 6.78. The lowest BCUT2D eigenvalue weighted by atomic mass is 10.0. The number of aryl methyl sites for hydroxylation is 2. The average molecular weight is 407 g/mol. The van der Waals surface area contributed by atoms with Crippen LogP contribution in [-0.2, 0) is 7.05 Å². The van der Waals surface area contributed by atoms with Crippen molar-refractivity contribution >= 4 is 28.3 Å². The van der Waals surface area contributed by atoms with Crippen molar-refractivity contribution < 1.29 is 0 Å². The number of rotatable bonds is 3. The van der Waals surface area contributed by atoms with E-state index in [1.165, 1.54) is 15.2 Å². The van der Waals surface area contributed by atoms with Gasteiger partial charge in [0.2, 0.25) is 5.56 Å². The zero-order chi connectivity index (χ0) is 20.7. The molecular formula is C22H19ClN4O2. The van der Waals surface area contributed by atoms with E-state index in [0.717, 1.165) is 11.1 Å². The Morgan fingerprint density at radius 1 is 1.03 bits per heavy atom. The first kappa shape index (κ1) is 19.0. The molecule has 0 spiro atoms. The van der Waals surface area contributed by atoms with Gasteiger partial charge in [0.1, 0.15) is 5.65 Å². The highest BCUT2D eigenvalue weighted by atomic mass is 35.5. The molecule has 1 aromatic carbocycles. The van der Waals surface area contributed by atoms with Crippen molar-refractivity contribution in [2.75, 3.05) is 12.4 Å². The zero-order valence-electron chi connectivity index (χ0n) is 16.2. The van der Waals surface area contributed by atoms with Crippen molar-refractivity contribution in [2.45, 2.75) is 6.92 Å². The van der Waals surface area contributed by atoms with E-state index in [9.17, 15) is 9.59 Å². The third kappa shape index (κ3) is 3.11. The second kappa shape index (κ2) is 7.22. The highest BCUT2D eigenvalue weighted by Crippen LogP contribution is 2.33. The Bertz CT molecular complexity index is 1370. The summed E-state index contributed by atoms with van der Waals surface area (Å²) in [6.07, 6.45) is 1.66. The maximum atomic E-state index is 13.8. The molecule has 146 valence electrons. The lowest BCUT2D eigenvalue weighted by Crippen LogP contribution is -2.24. The SMILES string of the molecule is CNc1c(-c2ccc(=O)n(C)c2)c(=O)n(-c2ccccc2Cl)c2nc(C)ccc12. The fraction of sp³-hybridized carbons (Fsp3) is 0.136. The number of anilines is 1. The number of nitrogens with zero attached hydrogens (tertiary/aromatic N) is 3. The first-order chi connectivity index (χ1) is 13.9. The number of benzene rings is 1. The van der Waals surface area contributed by atoms with Crippen molar-refractivity contribution in [1.82, 2.24) is 14.1 Å². The van der Waals surface area contributed by atoms with Crippen LogP contribution in [0.15, 0.2) is 64.3 Å². The summed E-state index contributed by atoms with van der Waals surface area (Å²) in [6, 6.07) is 14.1. The highest BCUT2D eigenvalue weighted by molar-refractivity contribution is 6.32. The van der Waals surface area contributed by atoms with Crippen LogP contribution in [0, 0.1) is 6.92 Å². The number of fused-ring (bicyclic) bond motifs is 1. The Kier molecular flexibility index (Phi) is 4.72. The van der Waals surface area contributed by atoms with Gasteiger partial charge in [-0.05, 0) is 37.3 Å². The van der Waals surface area contributed by atoms with E-state index in [1.54, 1.807) is 38.5 Å². The van der Waals surface area contributed by atoms with Crippen molar-refractivity contribution in [2.24, 2.45) is 7.05 Å². The molecule has 0 saturated heterocycles. The van der Waals surface area contributed by atoms with Crippen LogP contribution in [0.1, 0.15) is 5.69 Å². The predicted octanol–water partition coefficient (Wildman–Crippen LogP) is 3.75. The summed E-state index contributed by atoms with van der Waals surface area (Å²) in [7, 11) is 3.42. The number of para-hydroxylation sites is 1. The quantitative estimate of drug-likeness (QED) is 0.562. The molecule has 0 unspecified atom stereocenters. The molecule has 0 aliphatic heterocycles. The van der Waals surface area contributed by atoms with Gasteiger partial charge in [-0.15, -0.1) is 0 Å². The molecule has 0 amide bonds. The van der Waals surface area contributed by atoms with E-state index < -0.39 is 0 Å². The fourth-order valence-corrected chi connectivity index (χ4v) is 3.70. The van der Waals surface area contributed by atoms with Crippen LogP contribution in [0.25, 0.3) is 27.8 Å². The second-order valence-corrected chi connectivity index (χ2v) is 7.19. The van der Waals surface area contributed by atoms with Crippen molar-refractivity contribution in [3.8, 4) is 16.8 Å². The fourth-order valence-electron chi connectivity index (χ4n) is 3.48. The third-order valence-electron chi connectivity index (χ3n) is 4.88. The summed E-state index contributed by atoms with van der Waals surface area (Å²) in [5.41, 5.74) is 3.16. The topological polar surface area (TPSA) is 68.9 Å². The Hall–Kier alpha value is -3.38. The summed E-state index contributed by atoms with van der Waals surface area (Å²) in [5, 5.41) is 4.38. The lowest BCUT2D eigenvalue weighted by Gasteiger charge is -2.18. The van der Waals surface area contributed by atoms with Crippen molar-refractivity contribution in [1.29, 1.82) is 0 Å².